The highest BCUT2D eigenvalue weighted by atomic mass is 79.9. The van der Waals surface area contributed by atoms with Crippen LogP contribution in [-0.4, -0.2) is 52.9 Å². The molecule has 1 N–H and O–H groups in total. The van der Waals surface area contributed by atoms with Gasteiger partial charge >= 0.3 is 0 Å². The Morgan fingerprint density at radius 2 is 1.41 bits per heavy atom. The van der Waals surface area contributed by atoms with Gasteiger partial charge in [0.1, 0.15) is 18.1 Å². The predicted molar refractivity (Wildman–Crippen MR) is 125 cm³/mol. The van der Waals surface area contributed by atoms with Gasteiger partial charge in [-0.15, -0.1) is 0 Å². The van der Waals surface area contributed by atoms with Crippen LogP contribution in [0.25, 0.3) is 0 Å². The highest BCUT2D eigenvalue weighted by Gasteiger charge is 2.26. The van der Waals surface area contributed by atoms with Gasteiger partial charge in [-0.25, -0.2) is 0 Å². The van der Waals surface area contributed by atoms with Crippen LogP contribution in [0.1, 0.15) is 26.3 Å². The Labute approximate surface area is 195 Å². The van der Waals surface area contributed by atoms with Gasteiger partial charge in [0.2, 0.25) is 0 Å². The quantitative estimate of drug-likeness (QED) is 0.572. The fourth-order valence-electron chi connectivity index (χ4n) is 3.59. The summed E-state index contributed by atoms with van der Waals surface area (Å²) >= 11 is 3.46. The third-order valence-corrected chi connectivity index (χ3v) is 6.08. The monoisotopic (exact) mass is 494 g/mol. The summed E-state index contributed by atoms with van der Waals surface area (Å²) in [7, 11) is 0. The molecule has 2 amide bonds. The first-order valence-electron chi connectivity index (χ1n) is 10.4. The number of halogens is 1. The molecule has 0 aromatic heterocycles. The van der Waals surface area contributed by atoms with Gasteiger partial charge in [0, 0.05) is 31.7 Å². The van der Waals surface area contributed by atoms with E-state index in [4.69, 9.17) is 4.74 Å². The number of carbonyl (C=O) groups is 2. The van der Waals surface area contributed by atoms with E-state index in [1.807, 2.05) is 36.4 Å². The average Bonchev–Trinajstić information content (AvgIpc) is 2.83. The van der Waals surface area contributed by atoms with Gasteiger partial charge in [-0.05, 0) is 57.9 Å². The van der Waals surface area contributed by atoms with E-state index >= 15 is 0 Å². The van der Waals surface area contributed by atoms with Crippen LogP contribution in [0.15, 0.2) is 77.3 Å². The minimum atomic E-state index is -0.218. The van der Waals surface area contributed by atoms with E-state index in [1.165, 1.54) is 6.07 Å². The Balaban J connectivity index is 1.32. The number of phenolic OH excluding ortho intramolecular Hbond substituents is 1. The number of amides is 2. The lowest BCUT2D eigenvalue weighted by atomic mass is 10.1. The Bertz CT molecular complexity index is 1110. The standard InChI is InChI=1S/C25H23BrN2O4/c26-21-6-2-4-8-23(21)32-17-18-9-11-19(12-10-18)24(30)27-13-15-28(16-14-27)25(31)20-5-1-3-7-22(20)29/h1-12,29H,13-17H2. The van der Waals surface area contributed by atoms with Gasteiger partial charge in [-0.2, -0.15) is 0 Å². The maximum atomic E-state index is 12.9. The molecule has 0 bridgehead atoms. The number of hydrogen-bond donors (Lipinski definition) is 1. The fraction of sp³-hybridized carbons (Fsp3) is 0.200. The van der Waals surface area contributed by atoms with Crippen LogP contribution in [-0.2, 0) is 6.61 Å². The van der Waals surface area contributed by atoms with Crippen molar-refractivity contribution in [3.63, 3.8) is 0 Å². The molecule has 3 aromatic rings. The number of phenols is 1. The van der Waals surface area contributed by atoms with E-state index in [-0.39, 0.29) is 23.1 Å². The number of benzene rings is 3. The molecular weight excluding hydrogens is 472 g/mol. The number of hydrogen-bond acceptors (Lipinski definition) is 4. The lowest BCUT2D eigenvalue weighted by Crippen LogP contribution is -2.50. The van der Waals surface area contributed by atoms with Crippen molar-refractivity contribution in [2.24, 2.45) is 0 Å². The molecular formula is C25H23BrN2O4. The van der Waals surface area contributed by atoms with Crippen LogP contribution in [0.2, 0.25) is 0 Å². The number of rotatable bonds is 5. The molecule has 1 aliphatic heterocycles. The number of para-hydroxylation sites is 2. The van der Waals surface area contributed by atoms with E-state index in [1.54, 1.807) is 40.1 Å². The molecule has 0 unspecified atom stereocenters. The molecule has 0 atom stereocenters. The molecule has 0 saturated carbocycles. The van der Waals surface area contributed by atoms with Crippen molar-refractivity contribution in [1.82, 2.24) is 9.80 Å². The molecule has 6 nitrogen and oxygen atoms in total. The normalized spacial score (nSPS) is 13.7. The van der Waals surface area contributed by atoms with Crippen molar-refractivity contribution in [2.75, 3.05) is 26.2 Å². The number of nitrogens with zero attached hydrogens (tertiary/aromatic N) is 2. The average molecular weight is 495 g/mol. The van der Waals surface area contributed by atoms with Gasteiger partial charge < -0.3 is 19.6 Å². The first kappa shape index (κ1) is 21.9. The lowest BCUT2D eigenvalue weighted by molar-refractivity contribution is 0.0533. The van der Waals surface area contributed by atoms with Gasteiger partial charge in [0.15, 0.2) is 0 Å². The molecule has 4 rings (SSSR count). The Hall–Kier alpha value is -3.32. The minimum absolute atomic E-state index is 0.0281. The summed E-state index contributed by atoms with van der Waals surface area (Å²) in [5.74, 6) is 0.464. The highest BCUT2D eigenvalue weighted by molar-refractivity contribution is 9.10. The first-order valence-corrected chi connectivity index (χ1v) is 11.1. The zero-order valence-corrected chi connectivity index (χ0v) is 19.0. The zero-order chi connectivity index (χ0) is 22.5. The van der Waals surface area contributed by atoms with Crippen molar-refractivity contribution in [3.8, 4) is 11.5 Å². The summed E-state index contributed by atoms with van der Waals surface area (Å²) in [6, 6.07) is 21.6. The topological polar surface area (TPSA) is 70.1 Å². The van der Waals surface area contributed by atoms with Crippen LogP contribution < -0.4 is 4.74 Å². The van der Waals surface area contributed by atoms with Gasteiger partial charge in [0.05, 0.1) is 10.0 Å². The molecule has 164 valence electrons. The predicted octanol–water partition coefficient (Wildman–Crippen LogP) is 4.33. The van der Waals surface area contributed by atoms with Crippen molar-refractivity contribution in [2.45, 2.75) is 6.61 Å². The van der Waals surface area contributed by atoms with Crippen LogP contribution in [0, 0.1) is 0 Å². The molecule has 3 aromatic carbocycles. The van der Waals surface area contributed by atoms with Crippen LogP contribution in [0.4, 0.5) is 0 Å². The second-order valence-electron chi connectivity index (χ2n) is 7.52. The Morgan fingerprint density at radius 3 is 2.06 bits per heavy atom. The van der Waals surface area contributed by atoms with Crippen LogP contribution in [0.5, 0.6) is 11.5 Å². The first-order chi connectivity index (χ1) is 15.5. The molecule has 0 aliphatic carbocycles. The van der Waals surface area contributed by atoms with E-state index in [0.29, 0.717) is 38.3 Å². The van der Waals surface area contributed by atoms with Crippen LogP contribution >= 0.6 is 15.9 Å². The summed E-state index contributed by atoms with van der Waals surface area (Å²) in [5.41, 5.74) is 1.86. The number of piperazine rings is 1. The maximum Gasteiger partial charge on any atom is 0.257 e. The second-order valence-corrected chi connectivity index (χ2v) is 8.37. The van der Waals surface area contributed by atoms with E-state index in [2.05, 4.69) is 15.9 Å². The van der Waals surface area contributed by atoms with Gasteiger partial charge in [-0.3, -0.25) is 9.59 Å². The minimum Gasteiger partial charge on any atom is -0.507 e. The molecule has 1 saturated heterocycles. The van der Waals surface area contributed by atoms with E-state index in [0.717, 1.165) is 15.8 Å². The number of ether oxygens (including phenoxy) is 1. The van der Waals surface area contributed by atoms with E-state index < -0.39 is 0 Å². The maximum absolute atomic E-state index is 12.9. The molecule has 1 fully saturated rings. The highest BCUT2D eigenvalue weighted by Crippen LogP contribution is 2.25. The molecule has 32 heavy (non-hydrogen) atoms. The SMILES string of the molecule is O=C(c1ccc(COc2ccccc2Br)cc1)N1CCN(C(=O)c2ccccc2O)CC1. The molecule has 0 spiro atoms. The van der Waals surface area contributed by atoms with Crippen molar-refractivity contribution < 1.29 is 19.4 Å². The Kier molecular flexibility index (Phi) is 6.75. The molecule has 7 heteroatoms. The fourth-order valence-corrected chi connectivity index (χ4v) is 3.99. The summed E-state index contributed by atoms with van der Waals surface area (Å²) in [5, 5.41) is 9.92. The van der Waals surface area contributed by atoms with Crippen molar-refractivity contribution in [3.05, 3.63) is 94.0 Å². The third kappa shape index (κ3) is 4.94. The lowest BCUT2D eigenvalue weighted by Gasteiger charge is -2.35. The number of carbonyl (C=O) groups excluding carboxylic acids is 2. The smallest absolute Gasteiger partial charge is 0.257 e. The third-order valence-electron chi connectivity index (χ3n) is 5.42. The largest absolute Gasteiger partial charge is 0.507 e. The molecule has 1 heterocycles. The summed E-state index contributed by atoms with van der Waals surface area (Å²) in [6.07, 6.45) is 0. The summed E-state index contributed by atoms with van der Waals surface area (Å²) in [6.45, 7) is 2.16. The van der Waals surface area contributed by atoms with Crippen molar-refractivity contribution >= 4 is 27.7 Å². The number of aromatic hydroxyl groups is 1. The molecule has 0 radical (unpaired) electrons. The summed E-state index contributed by atoms with van der Waals surface area (Å²) in [4.78, 5) is 28.9. The van der Waals surface area contributed by atoms with Gasteiger partial charge in [0.25, 0.3) is 11.8 Å². The molecule has 1 aliphatic rings. The zero-order valence-electron chi connectivity index (χ0n) is 17.4. The van der Waals surface area contributed by atoms with Crippen LogP contribution in [0.3, 0.4) is 0 Å². The Morgan fingerprint density at radius 1 is 0.812 bits per heavy atom. The van der Waals surface area contributed by atoms with Crippen molar-refractivity contribution in [1.29, 1.82) is 0 Å². The van der Waals surface area contributed by atoms with Gasteiger partial charge in [-0.1, -0.05) is 36.4 Å². The second kappa shape index (κ2) is 9.87. The summed E-state index contributed by atoms with van der Waals surface area (Å²) < 4.78 is 6.72. The van der Waals surface area contributed by atoms with E-state index in [9.17, 15) is 14.7 Å².